The summed E-state index contributed by atoms with van der Waals surface area (Å²) in [5, 5.41) is 8.96. The third kappa shape index (κ3) is 34.7. The van der Waals surface area contributed by atoms with Crippen LogP contribution >= 0.6 is 0 Å². The number of esters is 2. The van der Waals surface area contributed by atoms with Crippen LogP contribution in [0.15, 0.2) is 124 Å². The van der Waals surface area contributed by atoms with Gasteiger partial charge >= 0.3 is 176 Å². The van der Waals surface area contributed by atoms with E-state index in [0.29, 0.717) is 20.3 Å². The topological polar surface area (TPSA) is 127 Å². The molecule has 1 aromatic rings. The van der Waals surface area contributed by atoms with Gasteiger partial charge in [-0.2, -0.15) is 224 Å². The normalized spacial score (nSPS) is 17.8. The van der Waals surface area contributed by atoms with E-state index in [1.165, 1.54) is 38.4 Å². The summed E-state index contributed by atoms with van der Waals surface area (Å²) in [6, 6.07) is 10.0. The molecule has 0 spiro atoms. The van der Waals surface area contributed by atoms with Crippen LogP contribution in [0, 0.1) is 43.8 Å². The zero-order chi connectivity index (χ0) is 111. The Morgan fingerprint density at radius 2 is 0.759 bits per heavy atom. The van der Waals surface area contributed by atoms with E-state index >= 15 is 0 Å². The molecule has 1 aromatic carbocycles. The van der Waals surface area contributed by atoms with Crippen LogP contribution in [0.2, 0.25) is 39.3 Å². The molecule has 3 rings (SSSR count). The molecule has 2 aliphatic rings. The number of carbonyl (C=O) groups is 3. The van der Waals surface area contributed by atoms with Crippen molar-refractivity contribution in [1.82, 2.24) is 0 Å². The molecule has 65 heteroatoms. The number of hydrogen-bond acceptors (Lipinski definition) is 10. The molecule has 0 aromatic heterocycles. The molecular weight excluding hydrogens is 2110 g/mol. The van der Waals surface area contributed by atoms with Gasteiger partial charge in [-0.3, -0.25) is 9.59 Å². The van der Waals surface area contributed by atoms with Gasteiger partial charge in [0.05, 0.1) is 21.3 Å². The molecule has 10 nitrogen and oxygen atoms in total. The molecule has 4 atom stereocenters. The first-order valence-corrected chi connectivity index (χ1v) is 42.0. The summed E-state index contributed by atoms with van der Waals surface area (Å²) in [6.45, 7) is 28.5. The molecule has 0 aliphatic heterocycles. The van der Waals surface area contributed by atoms with Gasteiger partial charge in [-0.05, 0) is 77.2 Å². The summed E-state index contributed by atoms with van der Waals surface area (Å²) in [7, 11) is -4.20. The molecule has 0 heterocycles. The quantitative estimate of drug-likeness (QED) is 0.0402. The second-order valence-electron chi connectivity index (χ2n) is 28.5. The largest absolute Gasteiger partial charge is 1.00 e. The van der Waals surface area contributed by atoms with Crippen LogP contribution in [0.1, 0.15) is 66.8 Å². The Morgan fingerprint density at radius 3 is 0.942 bits per heavy atom. The fourth-order valence-electron chi connectivity index (χ4n) is 10.7. The number of methoxy groups -OCH3 is 4. The van der Waals surface area contributed by atoms with E-state index in [0.717, 1.165) is 19.6 Å². The number of hydrogen-bond donors (Lipinski definition) is 1. The van der Waals surface area contributed by atoms with Gasteiger partial charge in [0.1, 0.15) is 17.4 Å². The summed E-state index contributed by atoms with van der Waals surface area (Å²) in [6.07, 6.45) is -103. The second kappa shape index (κ2) is 51.7. The summed E-state index contributed by atoms with van der Waals surface area (Å²) in [5.41, 5.74) is -37.2. The zero-order valence-corrected chi connectivity index (χ0v) is 77.6. The van der Waals surface area contributed by atoms with Crippen LogP contribution in [0.25, 0.3) is 6.08 Å². The minimum atomic E-state index is -6.38. The Bertz CT molecular complexity index is 3730. The molecule has 2 aliphatic carbocycles. The molecule has 0 saturated heterocycles. The van der Waals surface area contributed by atoms with Gasteiger partial charge in [-0.25, -0.2) is 4.79 Å². The molecular formula is C72H84F52KO10Si2+. The number of ether oxygens (including phenoxy) is 5. The molecule has 0 bridgehead atoms. The zero-order valence-electron chi connectivity index (χ0n) is 73.5. The predicted molar refractivity (Wildman–Crippen MR) is 381 cm³/mol. The molecule has 0 fully saturated rings. The van der Waals surface area contributed by atoms with Crippen LogP contribution in [-0.2, 0) is 37.7 Å². The van der Waals surface area contributed by atoms with Crippen LogP contribution in [0.5, 0.6) is 0 Å². The number of allylic oxidation sites excluding steroid dienone is 7. The third-order valence-corrected chi connectivity index (χ3v) is 20.6. The van der Waals surface area contributed by atoms with Crippen molar-refractivity contribution in [1.29, 1.82) is 0 Å². The molecule has 0 saturated carbocycles. The van der Waals surface area contributed by atoms with E-state index in [1.807, 2.05) is 50.3 Å². The Labute approximate surface area is 789 Å². The summed E-state index contributed by atoms with van der Waals surface area (Å²) < 4.78 is 667. The summed E-state index contributed by atoms with van der Waals surface area (Å²) in [5.74, 6) is -17.7. The first-order chi connectivity index (χ1) is 59.0. The third-order valence-electron chi connectivity index (χ3n) is 18.0. The van der Waals surface area contributed by atoms with Crippen molar-refractivity contribution in [2.24, 2.45) is 43.8 Å². The minimum absolute atomic E-state index is 0. The number of rotatable bonds is 17. The molecule has 1 N–H and O–H groups in total. The smallest absolute Gasteiger partial charge is 1.00 e. The number of carbonyl (C=O) groups excluding carboxylic acids is 3. The van der Waals surface area contributed by atoms with Crippen LogP contribution in [0.4, 0.5) is 229 Å². The van der Waals surface area contributed by atoms with Gasteiger partial charge in [0, 0.05) is 7.11 Å². The van der Waals surface area contributed by atoms with Gasteiger partial charge < -0.3 is 37.9 Å². The number of halogens is 52. The van der Waals surface area contributed by atoms with E-state index in [-0.39, 0.29) is 122 Å². The fraction of sp³-hybridized carbons (Fsp3) is 0.653. The minimum Gasteiger partial charge on any atom is -1.00 e. The van der Waals surface area contributed by atoms with Crippen molar-refractivity contribution in [3.8, 4) is 0 Å². The van der Waals surface area contributed by atoms with Crippen LogP contribution in [0.3, 0.4) is 0 Å². The van der Waals surface area contributed by atoms with Gasteiger partial charge in [0.25, 0.3) is 11.2 Å². The maximum atomic E-state index is 13.5. The average molecular weight is 2190 g/mol. The molecule has 0 amide bonds. The number of benzene rings is 1. The second-order valence-corrected chi connectivity index (χ2v) is 38.0. The summed E-state index contributed by atoms with van der Waals surface area (Å²) in [4.78, 5) is 31.0. The number of alkyl halides is 51. The van der Waals surface area contributed by atoms with Crippen molar-refractivity contribution in [2.75, 3.05) is 35.0 Å². The number of aliphatic hydroxyl groups is 1. The van der Waals surface area contributed by atoms with Crippen LogP contribution in [-0.4, -0.2) is 191 Å². The molecule has 137 heavy (non-hydrogen) atoms. The van der Waals surface area contributed by atoms with Crippen molar-refractivity contribution in [3.63, 3.8) is 0 Å². The van der Waals surface area contributed by atoms with E-state index < -0.39 is 232 Å². The van der Waals surface area contributed by atoms with Crippen molar-refractivity contribution >= 4 is 40.6 Å². The Balaban J connectivity index is -0.000000169. The monoisotopic (exact) mass is 2190 g/mol. The molecule has 4 unspecified atom stereocenters. The first kappa shape index (κ1) is 148. The predicted octanol–water partition coefficient (Wildman–Crippen LogP) is 24.4. The SMILES string of the molecule is C=CCC(C(=O)OC)(C(F)(F)F)C(F)(F)F.C=CCC(C(F)(F)F)(C(F)(F)F)C(C)(C=C)C(F)(F)F.C=CCC(C(F)(F)F)(C(F)(F)F)C(OC)(O[Si](C)(C)C)C(F)(F)F.C=CCOC(=O)OC.C=Cc1ccccc1.CC.CC1(C(F)(F)F)C=CCC1(C(F)(F)F)C(F)(F)F.COC(=O)C(C(F)(F)F)C(F)(F)F.C[Si](C)(C)C(F)(F)F.OC1(C(F)(F)F)C=CCC1(C(F)(F)F)C(F)(F)F.[F-].[H+].[K+]. The van der Waals surface area contributed by atoms with Gasteiger partial charge in [0.15, 0.2) is 27.2 Å². The van der Waals surface area contributed by atoms with Crippen molar-refractivity contribution in [2.45, 2.75) is 215 Å². The van der Waals surface area contributed by atoms with E-state index in [2.05, 4.69) is 67.6 Å². The maximum absolute atomic E-state index is 13.5. The van der Waals surface area contributed by atoms with Crippen molar-refractivity contribution in [3.05, 3.63) is 130 Å². The van der Waals surface area contributed by atoms with E-state index in [9.17, 15) is 238 Å². The Kier molecular flexibility index (Phi) is 56.1. The maximum Gasteiger partial charge on any atom is 1.00 e. The van der Waals surface area contributed by atoms with Gasteiger partial charge in [-0.15, -0.1) is 26.3 Å². The fourth-order valence-corrected chi connectivity index (χ4v) is 11.9. The average Bonchev–Trinajstić information content (AvgIpc) is 1.21. The van der Waals surface area contributed by atoms with Crippen molar-refractivity contribution < 1.29 is 329 Å². The van der Waals surface area contributed by atoms with E-state index in [4.69, 9.17) is 5.11 Å². The standard InChI is InChI=1S/C12H17F9O2Si.C11H11F9.C9H7F9.C8H5F9O.C8H8F6O2.C8H8.C5H4F6O2.C5H8O3.C4H9F3Si.C2H6.FH.K/c1-6-7-8(10(13,14)15,11(16,17)18)9(22-2,12(19,20)21)23-24(3,4)5;1-4-6-8(10(15,16)17,11(18,19)20)7(3,5-2)9(12,13)14;1-5(7(10,11)12)3-2-4-6(5,8(13,14)15)9(16,17)18;9-6(10,11)4(7(12,13)14)2-1-3-5(4,18)8(15,16)17;1-3-4-6(5(15)16-2,7(9,10)11)8(12,13)14;1-2-8-6-4-3-5-7-8;1-13-3(12)2(4(6,7)8)5(9,10)11;1-3-4-8-5(6)7-2;1-8(2,3)4(5,6)7;1-2;;/h6H,1,7H2,2-5H3;4-5H,1-2,6H2,3H3;2-3H,4H2,1H3;1,3,18H,2H2;3H,1,4H2,2H3;2-7H,1H2;2H,1H3;3H,1,4H2,2H3;1-3H3;1-2H3;1H;/q;;;;;;;;;;;+1. The van der Waals surface area contributed by atoms with Gasteiger partial charge in [0.2, 0.25) is 22.3 Å². The first-order valence-electron chi connectivity index (χ1n) is 35.1. The van der Waals surface area contributed by atoms with Crippen LogP contribution < -0.4 is 56.1 Å². The Morgan fingerprint density at radius 1 is 0.438 bits per heavy atom. The van der Waals surface area contributed by atoms with Gasteiger partial charge in [-0.1, -0.05) is 132 Å². The molecule has 804 valence electrons. The molecule has 0 radical (unpaired) electrons. The van der Waals surface area contributed by atoms with E-state index in [1.54, 1.807) is 0 Å². The summed E-state index contributed by atoms with van der Waals surface area (Å²) >= 11 is 0. The Hall–Kier alpha value is -6.34.